The van der Waals surface area contributed by atoms with Crippen LogP contribution in [0.25, 0.3) is 72.7 Å². The second-order valence-corrected chi connectivity index (χ2v) is 40.3. The van der Waals surface area contributed by atoms with E-state index in [4.69, 9.17) is 25.0 Å². The highest BCUT2D eigenvalue weighted by Crippen LogP contribution is 2.59. The van der Waals surface area contributed by atoms with Crippen LogP contribution >= 0.6 is 97.9 Å². The summed E-state index contributed by atoms with van der Waals surface area (Å²) in [6, 6.07) is 79.4. The number of nitrogens with zero attached hydrogens (tertiary/aromatic N) is 8. The Hall–Kier alpha value is -11.4. The molecule has 2 aliphatic carbocycles. The first-order chi connectivity index (χ1) is 61.6. The molecule has 686 valence electrons. The van der Waals surface area contributed by atoms with Crippen LogP contribution in [0.1, 0.15) is 65.3 Å². The standard InChI is InChI=1S/C55H54F2N4O4P2.C25H18F2N2.C21H23N4O6P.3BrH.2ClH/c1-5-64-67(63,65-6-2)38-36-59-29-21-42(22-30-59)44-25-33-61(34-26-44)54-18-16-46(40-52(54)57)55(49-13-9-7-11-47(49)48-12-8-10-14-50(48)55)45-15-17-53(51(56)39-45)60-31-23-43(24-32-60)41-19-27-58(28-20-41)35-37-66(3,4)62;26-21-13-15(9-11-23(21)28)25(16-10-12-24(29)22(27)14-16)19-7-3-1-5-17(19)18-6-2-4-8-20(18)25;1-3-31-32(2,30)15-14-22-10-6-17(7-11-22)18-8-12-23(13-9-18)20-5-4-19(24(26)27)16-21(20)25(28)29;;;;;/h7-34,39-40H,5-6,35-38H2,1-4H3;1-14H,28-29H2;4-13,16H,3,14-15H2,1-2H3;5*1H/q+4;;+2;;;;;. The van der Waals surface area contributed by atoms with E-state index in [-0.39, 0.29) is 110 Å². The van der Waals surface area contributed by atoms with E-state index in [0.29, 0.717) is 85.4 Å². The molecule has 0 saturated carbocycles. The number of nitro groups is 2. The monoisotopic (exact) mass is 2090 g/mol. The van der Waals surface area contributed by atoms with Gasteiger partial charge in [0.25, 0.3) is 11.4 Å². The molecule has 0 fully saturated rings. The molecule has 6 aromatic heterocycles. The number of hydrogen-bond acceptors (Lipinski definition) is 12. The van der Waals surface area contributed by atoms with E-state index in [1.807, 2.05) is 254 Å². The van der Waals surface area contributed by atoms with Crippen LogP contribution in [-0.4, -0.2) is 68.1 Å². The molecule has 15 aromatic rings. The number of pyridine rings is 6. The minimum absolute atomic E-state index is 0. The van der Waals surface area contributed by atoms with E-state index in [1.165, 1.54) is 24.3 Å². The molecule has 9 aromatic carbocycles. The summed E-state index contributed by atoms with van der Waals surface area (Å²) >= 11 is 0. The van der Waals surface area contributed by atoms with Gasteiger partial charge in [-0.1, -0.05) is 121 Å². The molecule has 6 heterocycles. The Morgan fingerprint density at radius 3 is 0.932 bits per heavy atom. The molecule has 17 rings (SSSR count). The maximum absolute atomic E-state index is 16.8. The van der Waals surface area contributed by atoms with Crippen molar-refractivity contribution in [3.63, 3.8) is 0 Å². The van der Waals surface area contributed by atoms with Gasteiger partial charge in [-0.2, -0.15) is 22.5 Å². The van der Waals surface area contributed by atoms with Crippen molar-refractivity contribution in [1.29, 1.82) is 0 Å². The highest BCUT2D eigenvalue weighted by molar-refractivity contribution is 8.93. The molecule has 0 radical (unpaired) electrons. The Morgan fingerprint density at radius 2 is 0.632 bits per heavy atom. The smallest absolute Gasteiger partial charge is 0.347 e. The maximum Gasteiger partial charge on any atom is 0.347 e. The van der Waals surface area contributed by atoms with Crippen molar-refractivity contribution in [3.8, 4) is 72.7 Å². The molecule has 32 heteroatoms. The fourth-order valence-electron chi connectivity index (χ4n) is 17.0. The number of nitrogens with two attached hydrogens (primary N) is 2. The van der Waals surface area contributed by atoms with Crippen LogP contribution in [0.2, 0.25) is 0 Å². The number of hydrogen-bond donors (Lipinski definition) is 2. The number of non-ortho nitro benzene ring substituents is 1. The Kier molecular flexibility index (Phi) is 34.8. The molecule has 2 aliphatic rings. The molecule has 1 atom stereocenters. The zero-order chi connectivity index (χ0) is 90.2. The first-order valence-corrected chi connectivity index (χ1v) is 48.6. The second kappa shape index (κ2) is 44.6. The van der Waals surface area contributed by atoms with Gasteiger partial charge in [-0.3, -0.25) is 29.4 Å². The molecule has 20 nitrogen and oxygen atoms in total. The molecule has 4 N–H and O–H groups in total. The van der Waals surface area contributed by atoms with Gasteiger partial charge in [0.05, 0.1) is 71.3 Å². The average Bonchev–Trinajstić information content (AvgIpc) is 1.54. The third-order valence-electron chi connectivity index (χ3n) is 23.2. The largest absolute Gasteiger partial charge is 0.396 e. The molecule has 0 spiro atoms. The van der Waals surface area contributed by atoms with Crippen molar-refractivity contribution in [2.75, 3.05) is 69.8 Å². The predicted octanol–water partition coefficient (Wildman–Crippen LogP) is 22.4. The van der Waals surface area contributed by atoms with Gasteiger partial charge in [-0.15, -0.1) is 75.8 Å². The molecule has 1 unspecified atom stereocenters. The van der Waals surface area contributed by atoms with Crippen LogP contribution in [0.3, 0.4) is 0 Å². The van der Waals surface area contributed by atoms with Crippen LogP contribution in [0.15, 0.2) is 335 Å². The van der Waals surface area contributed by atoms with Crippen LogP contribution in [0.4, 0.5) is 40.3 Å². The Balaban J connectivity index is 0.000000231. The topological polar surface area (TPSA) is 241 Å². The number of nitrogen functional groups attached to an aromatic ring is 2. The second-order valence-electron chi connectivity index (χ2n) is 31.8. The van der Waals surface area contributed by atoms with E-state index in [0.717, 1.165) is 84.0 Å². The summed E-state index contributed by atoms with van der Waals surface area (Å²) in [4.78, 5) is 21.0. The van der Waals surface area contributed by atoms with Gasteiger partial charge in [-0.05, 0) is 171 Å². The van der Waals surface area contributed by atoms with Gasteiger partial charge in [0.15, 0.2) is 106 Å². The van der Waals surface area contributed by atoms with Crippen molar-refractivity contribution in [2.24, 2.45) is 0 Å². The van der Waals surface area contributed by atoms with Gasteiger partial charge in [0, 0.05) is 104 Å². The fraction of sp³-hybridized carbons (Fsp3) is 0.168. The number of halogens is 9. The normalized spacial score (nSPS) is 12.6. The number of fused-ring (bicyclic) bond motifs is 6. The SMILES string of the molecule is Br.Br.Br.CCOP(=O)(CC[n+]1ccc(-c2cc[n+](-c3ccc(C4(c5ccc(-[n+]6ccc(-c7cc[n+](CCP(C)(C)=O)cc7)cc6)c(F)c5)c5ccccc5-c5ccccc54)cc3F)cc2)cc1)OCC.CCOP(C)(=O)CC[n+]1ccc(-c2cc[n+](-c3ccc([N+](=O)[O-])cc3[N+](=O)[O-])cc2)cc1.Cl.Cl.Nc1ccc(C2(c3ccc(N)c(F)c3)c3ccccc3-c3ccccc32)cc1F. The van der Waals surface area contributed by atoms with Crippen LogP contribution in [0, 0.1) is 43.5 Å². The Morgan fingerprint density at radius 1 is 0.346 bits per heavy atom. The van der Waals surface area contributed by atoms with Crippen LogP contribution in [0.5, 0.6) is 0 Å². The lowest BCUT2D eigenvalue weighted by molar-refractivity contribution is -0.692. The Bertz CT molecular complexity index is 6700. The fourth-order valence-corrected chi connectivity index (χ4v) is 20.6. The zero-order valence-corrected chi connectivity index (χ0v) is 82.8. The number of aromatic nitrogens is 6. The summed E-state index contributed by atoms with van der Waals surface area (Å²) in [5.41, 5.74) is 26.6. The third-order valence-corrected chi connectivity index (χ3v) is 28.4. The predicted molar refractivity (Wildman–Crippen MR) is 533 cm³/mol. The summed E-state index contributed by atoms with van der Waals surface area (Å²) in [5.74, 6) is -1.82. The van der Waals surface area contributed by atoms with Crippen molar-refractivity contribution >= 4 is 121 Å². The third kappa shape index (κ3) is 22.3. The number of nitro benzene ring substituents is 2. The number of rotatable bonds is 27. The summed E-state index contributed by atoms with van der Waals surface area (Å²) in [7, 11) is -7.86. The quantitative estimate of drug-likeness (QED) is 0.0122. The minimum Gasteiger partial charge on any atom is -0.396 e. The summed E-state index contributed by atoms with van der Waals surface area (Å²) in [6.07, 6.45) is 23.8. The number of aryl methyl sites for hydroxylation is 3. The van der Waals surface area contributed by atoms with Crippen LogP contribution < -0.4 is 38.9 Å². The molecular weight excluding hydrogens is 1990 g/mol. The Labute approximate surface area is 813 Å². The molecule has 0 amide bonds. The van der Waals surface area contributed by atoms with Gasteiger partial charge >= 0.3 is 13.3 Å². The van der Waals surface area contributed by atoms with Crippen molar-refractivity contribution in [2.45, 2.75) is 51.2 Å². The molecule has 0 aliphatic heterocycles. The lowest BCUT2D eigenvalue weighted by Crippen LogP contribution is -2.34. The van der Waals surface area contributed by atoms with E-state index in [2.05, 4.69) is 24.3 Å². The maximum atomic E-state index is 16.8. The average molecular weight is 2090 g/mol. The number of anilines is 2. The van der Waals surface area contributed by atoms with E-state index >= 15 is 8.78 Å². The summed E-state index contributed by atoms with van der Waals surface area (Å²) in [5, 5.41) is 22.3. The molecule has 0 saturated heterocycles. The van der Waals surface area contributed by atoms with Gasteiger partial charge < -0.3 is 29.6 Å². The van der Waals surface area contributed by atoms with Gasteiger partial charge in [-0.25, -0.2) is 22.5 Å². The lowest BCUT2D eigenvalue weighted by atomic mass is 9.67. The first kappa shape index (κ1) is 104. The van der Waals surface area contributed by atoms with Crippen molar-refractivity contribution in [3.05, 3.63) is 423 Å². The minimum atomic E-state index is -3.16. The highest BCUT2D eigenvalue weighted by Gasteiger charge is 2.49. The van der Waals surface area contributed by atoms with E-state index < -0.39 is 66.1 Å². The number of benzene rings is 9. The van der Waals surface area contributed by atoms with E-state index in [1.54, 1.807) is 95.1 Å². The van der Waals surface area contributed by atoms with Gasteiger partial charge in [0.1, 0.15) is 23.9 Å². The molecule has 133 heavy (non-hydrogen) atoms. The van der Waals surface area contributed by atoms with Crippen LogP contribution in [-0.2, 0) is 57.7 Å². The lowest BCUT2D eigenvalue weighted by Gasteiger charge is -2.34. The first-order valence-electron chi connectivity index (χ1n) is 41.8. The highest BCUT2D eigenvalue weighted by atomic mass is 79.9. The summed E-state index contributed by atoms with van der Waals surface area (Å²) < 4.78 is 127. The zero-order valence-electron chi connectivity index (χ0n) is 73.3. The molecule has 0 bridgehead atoms. The molecular formula is C101H100Br3Cl2F4N10O10P3+6. The van der Waals surface area contributed by atoms with E-state index in [9.17, 15) is 42.7 Å². The summed E-state index contributed by atoms with van der Waals surface area (Å²) in [6.45, 7) is 13.5. The van der Waals surface area contributed by atoms with Crippen molar-refractivity contribution < 1.29 is 82.1 Å². The van der Waals surface area contributed by atoms with Gasteiger partial charge in [0.2, 0.25) is 18.7 Å². The van der Waals surface area contributed by atoms with Crippen molar-refractivity contribution in [1.82, 2.24) is 0 Å².